The third-order valence-corrected chi connectivity index (χ3v) is 7.49. The first-order valence-electron chi connectivity index (χ1n) is 10.6. The van der Waals surface area contributed by atoms with Crippen LogP contribution in [0.15, 0.2) is 60.7 Å². The van der Waals surface area contributed by atoms with Gasteiger partial charge < -0.3 is 4.90 Å². The molecule has 3 aromatic rings. The fraction of sp³-hybridized carbons (Fsp3) is 0.333. The van der Waals surface area contributed by atoms with Crippen molar-refractivity contribution in [3.05, 3.63) is 77.5 Å². The van der Waals surface area contributed by atoms with E-state index in [4.69, 9.17) is 0 Å². The molecule has 1 saturated heterocycles. The van der Waals surface area contributed by atoms with Gasteiger partial charge in [-0.15, -0.1) is 0 Å². The van der Waals surface area contributed by atoms with Gasteiger partial charge in [-0.3, -0.25) is 9.48 Å². The molecule has 1 atom stereocenters. The van der Waals surface area contributed by atoms with E-state index in [2.05, 4.69) is 5.10 Å². The van der Waals surface area contributed by atoms with E-state index in [0.29, 0.717) is 25.2 Å². The molecule has 31 heavy (non-hydrogen) atoms. The maximum atomic E-state index is 13.3. The first-order chi connectivity index (χ1) is 14.9. The number of aryl methyl sites for hydroxylation is 1. The Morgan fingerprint density at radius 3 is 2.45 bits per heavy atom. The summed E-state index contributed by atoms with van der Waals surface area (Å²) in [5.41, 5.74) is 4.23. The Morgan fingerprint density at radius 2 is 1.84 bits per heavy atom. The summed E-state index contributed by atoms with van der Waals surface area (Å²) in [6, 6.07) is 19.4. The number of amides is 1. The SMILES string of the molecule is CCN(Cc1ccccc1)C(=O)c1cc(-c2ccc(C)cc2)n([C@H]2CCS(=O)(=O)C2)n1. The van der Waals surface area contributed by atoms with Crippen molar-refractivity contribution < 1.29 is 13.2 Å². The molecule has 6 nitrogen and oxygen atoms in total. The Hall–Kier alpha value is -2.93. The van der Waals surface area contributed by atoms with Crippen LogP contribution in [0.3, 0.4) is 0 Å². The summed E-state index contributed by atoms with van der Waals surface area (Å²) in [4.78, 5) is 15.1. The minimum atomic E-state index is -3.08. The van der Waals surface area contributed by atoms with Crippen LogP contribution in [0.5, 0.6) is 0 Å². The van der Waals surface area contributed by atoms with Crippen LogP contribution in [0, 0.1) is 6.92 Å². The van der Waals surface area contributed by atoms with E-state index in [1.165, 1.54) is 0 Å². The Bertz CT molecular complexity index is 1170. The number of benzene rings is 2. The van der Waals surface area contributed by atoms with Crippen molar-refractivity contribution in [2.24, 2.45) is 0 Å². The second-order valence-electron chi connectivity index (χ2n) is 8.09. The van der Waals surface area contributed by atoms with Crippen LogP contribution in [0.4, 0.5) is 0 Å². The lowest BCUT2D eigenvalue weighted by atomic mass is 10.1. The van der Waals surface area contributed by atoms with Crippen molar-refractivity contribution in [1.29, 1.82) is 0 Å². The smallest absolute Gasteiger partial charge is 0.274 e. The zero-order valence-electron chi connectivity index (χ0n) is 17.9. The predicted octanol–water partition coefficient (Wildman–Crippen LogP) is 3.88. The number of nitrogens with zero attached hydrogens (tertiary/aromatic N) is 3. The van der Waals surface area contributed by atoms with Gasteiger partial charge in [-0.1, -0.05) is 60.2 Å². The molecule has 1 aliphatic rings. The van der Waals surface area contributed by atoms with Gasteiger partial charge in [0.05, 0.1) is 23.2 Å². The fourth-order valence-electron chi connectivity index (χ4n) is 3.98. The topological polar surface area (TPSA) is 72.3 Å². The third kappa shape index (κ3) is 4.71. The Balaban J connectivity index is 1.70. The number of hydrogen-bond donors (Lipinski definition) is 0. The van der Waals surface area contributed by atoms with Crippen molar-refractivity contribution in [3.63, 3.8) is 0 Å². The molecular weight excluding hydrogens is 410 g/mol. The van der Waals surface area contributed by atoms with E-state index in [-0.39, 0.29) is 23.5 Å². The second kappa shape index (κ2) is 8.67. The number of sulfone groups is 1. The Kier molecular flexibility index (Phi) is 5.96. The second-order valence-corrected chi connectivity index (χ2v) is 10.3. The fourth-order valence-corrected chi connectivity index (χ4v) is 5.67. The summed E-state index contributed by atoms with van der Waals surface area (Å²) in [5.74, 6) is 0.0608. The van der Waals surface area contributed by atoms with Gasteiger partial charge >= 0.3 is 0 Å². The van der Waals surface area contributed by atoms with Gasteiger partial charge in [-0.25, -0.2) is 8.42 Å². The highest BCUT2D eigenvalue weighted by Gasteiger charge is 2.32. The number of carbonyl (C=O) groups is 1. The van der Waals surface area contributed by atoms with Gasteiger partial charge in [0.25, 0.3) is 5.91 Å². The molecule has 7 heteroatoms. The molecule has 162 valence electrons. The van der Waals surface area contributed by atoms with E-state index in [1.807, 2.05) is 68.4 Å². The highest BCUT2D eigenvalue weighted by atomic mass is 32.2. The highest BCUT2D eigenvalue weighted by Crippen LogP contribution is 2.30. The van der Waals surface area contributed by atoms with Crippen LogP contribution in [0.25, 0.3) is 11.3 Å². The predicted molar refractivity (Wildman–Crippen MR) is 122 cm³/mol. The molecule has 0 saturated carbocycles. The number of hydrogen-bond acceptors (Lipinski definition) is 4. The lowest BCUT2D eigenvalue weighted by Gasteiger charge is -2.20. The first-order valence-corrected chi connectivity index (χ1v) is 12.4. The molecule has 2 heterocycles. The average Bonchev–Trinajstić information content (AvgIpc) is 3.36. The lowest BCUT2D eigenvalue weighted by molar-refractivity contribution is 0.0745. The molecule has 2 aromatic carbocycles. The van der Waals surface area contributed by atoms with Crippen LogP contribution in [0.1, 0.15) is 41.0 Å². The summed E-state index contributed by atoms with van der Waals surface area (Å²) in [7, 11) is -3.08. The average molecular weight is 438 g/mol. The van der Waals surface area contributed by atoms with Gasteiger partial charge in [0.15, 0.2) is 15.5 Å². The minimum absolute atomic E-state index is 0.0582. The summed E-state index contributed by atoms with van der Waals surface area (Å²) in [5, 5.41) is 4.63. The zero-order valence-corrected chi connectivity index (χ0v) is 18.7. The van der Waals surface area contributed by atoms with Crippen molar-refractivity contribution in [2.75, 3.05) is 18.1 Å². The van der Waals surface area contributed by atoms with Crippen LogP contribution in [0.2, 0.25) is 0 Å². The number of carbonyl (C=O) groups excluding carboxylic acids is 1. The zero-order chi connectivity index (χ0) is 22.0. The van der Waals surface area contributed by atoms with Gasteiger partial charge in [0.1, 0.15) is 0 Å². The molecular formula is C24H27N3O3S. The first kappa shape index (κ1) is 21.3. The number of rotatable bonds is 6. The monoisotopic (exact) mass is 437 g/mol. The molecule has 0 bridgehead atoms. The molecule has 0 unspecified atom stereocenters. The van der Waals surface area contributed by atoms with Gasteiger partial charge in [0, 0.05) is 13.1 Å². The minimum Gasteiger partial charge on any atom is -0.333 e. The van der Waals surface area contributed by atoms with Crippen molar-refractivity contribution in [3.8, 4) is 11.3 Å². The Labute approximate surface area is 183 Å². The van der Waals surface area contributed by atoms with Gasteiger partial charge in [-0.2, -0.15) is 5.10 Å². The Morgan fingerprint density at radius 1 is 1.13 bits per heavy atom. The normalized spacial score (nSPS) is 17.5. The van der Waals surface area contributed by atoms with E-state index >= 15 is 0 Å². The van der Waals surface area contributed by atoms with Gasteiger partial charge in [-0.05, 0) is 37.5 Å². The highest BCUT2D eigenvalue weighted by molar-refractivity contribution is 7.91. The van der Waals surface area contributed by atoms with E-state index in [9.17, 15) is 13.2 Å². The molecule has 0 spiro atoms. The van der Waals surface area contributed by atoms with E-state index in [0.717, 1.165) is 22.4 Å². The van der Waals surface area contributed by atoms with Crippen molar-refractivity contribution >= 4 is 15.7 Å². The van der Waals surface area contributed by atoms with Crippen LogP contribution in [-0.4, -0.2) is 47.1 Å². The largest absolute Gasteiger partial charge is 0.333 e. The van der Waals surface area contributed by atoms with Crippen LogP contribution >= 0.6 is 0 Å². The lowest BCUT2D eigenvalue weighted by Crippen LogP contribution is -2.30. The summed E-state index contributed by atoms with van der Waals surface area (Å²) >= 11 is 0. The summed E-state index contributed by atoms with van der Waals surface area (Å²) in [6.45, 7) is 5.02. The standard InChI is InChI=1S/C24H27N3O3S/c1-3-26(16-19-7-5-4-6-8-19)24(28)22-15-23(20-11-9-18(2)10-12-20)27(25-22)21-13-14-31(29,30)17-21/h4-12,15,21H,3,13-14,16-17H2,1-2H3/t21-/m0/s1. The molecule has 1 amide bonds. The molecule has 1 fully saturated rings. The quantitative estimate of drug-likeness (QED) is 0.587. The number of aromatic nitrogens is 2. The van der Waals surface area contributed by atoms with Crippen molar-refractivity contribution in [1.82, 2.24) is 14.7 Å². The maximum Gasteiger partial charge on any atom is 0.274 e. The molecule has 0 N–H and O–H groups in total. The summed E-state index contributed by atoms with van der Waals surface area (Å²) in [6.07, 6.45) is 0.512. The van der Waals surface area contributed by atoms with E-state index in [1.54, 1.807) is 15.6 Å². The molecule has 4 rings (SSSR count). The van der Waals surface area contributed by atoms with Gasteiger partial charge in [0.2, 0.25) is 0 Å². The third-order valence-electron chi connectivity index (χ3n) is 5.74. The van der Waals surface area contributed by atoms with Crippen LogP contribution in [-0.2, 0) is 16.4 Å². The summed E-state index contributed by atoms with van der Waals surface area (Å²) < 4.78 is 25.9. The maximum absolute atomic E-state index is 13.3. The molecule has 0 aliphatic carbocycles. The molecule has 0 radical (unpaired) electrons. The molecule has 1 aliphatic heterocycles. The van der Waals surface area contributed by atoms with Crippen molar-refractivity contribution in [2.45, 2.75) is 32.9 Å². The molecule has 1 aromatic heterocycles. The van der Waals surface area contributed by atoms with E-state index < -0.39 is 9.84 Å². The van der Waals surface area contributed by atoms with Crippen LogP contribution < -0.4 is 0 Å².